The number of aromatic amines is 2. The summed E-state index contributed by atoms with van der Waals surface area (Å²) in [5, 5.41) is 14.7. The summed E-state index contributed by atoms with van der Waals surface area (Å²) in [6.45, 7) is 1.95. The molecule has 6 rings (SSSR count). The van der Waals surface area contributed by atoms with Crippen molar-refractivity contribution in [2.75, 3.05) is 18.4 Å². The first kappa shape index (κ1) is 20.4. The number of anilines is 1. The van der Waals surface area contributed by atoms with Gasteiger partial charge in [-0.15, -0.1) is 0 Å². The SMILES string of the molecule is O=C(CC1CCNCC1)Nc1cncc(-c2cc3c(-c4nc5ccncc5[nH]4)n[nH]c3cn2)c1. The molecular weight excluding hydrogens is 430 g/mol. The largest absolute Gasteiger partial charge is 0.335 e. The molecule has 0 aromatic carbocycles. The molecule has 5 aromatic rings. The van der Waals surface area contributed by atoms with Crippen molar-refractivity contribution in [2.45, 2.75) is 19.3 Å². The van der Waals surface area contributed by atoms with Gasteiger partial charge in [-0.25, -0.2) is 4.98 Å². The van der Waals surface area contributed by atoms with E-state index < -0.39 is 0 Å². The molecule has 34 heavy (non-hydrogen) atoms. The number of piperidine rings is 1. The molecule has 1 saturated heterocycles. The number of hydrogen-bond donors (Lipinski definition) is 4. The molecule has 10 nitrogen and oxygen atoms in total. The van der Waals surface area contributed by atoms with Crippen LogP contribution in [0, 0.1) is 5.92 Å². The van der Waals surface area contributed by atoms with E-state index in [1.54, 1.807) is 31.0 Å². The highest BCUT2D eigenvalue weighted by Gasteiger charge is 2.18. The molecule has 0 saturated carbocycles. The lowest BCUT2D eigenvalue weighted by atomic mass is 9.94. The fraction of sp³-hybridized carbons (Fsp3) is 0.250. The molecule has 0 atom stereocenters. The third-order valence-corrected chi connectivity index (χ3v) is 6.21. The van der Waals surface area contributed by atoms with Crippen LogP contribution in [0.5, 0.6) is 0 Å². The van der Waals surface area contributed by atoms with Crippen molar-refractivity contribution in [3.8, 4) is 22.8 Å². The first-order chi connectivity index (χ1) is 16.7. The highest BCUT2D eigenvalue weighted by atomic mass is 16.1. The van der Waals surface area contributed by atoms with Gasteiger partial charge in [0.15, 0.2) is 5.82 Å². The Balaban J connectivity index is 1.27. The van der Waals surface area contributed by atoms with Crippen LogP contribution in [0.4, 0.5) is 5.69 Å². The number of hydrogen-bond acceptors (Lipinski definition) is 7. The summed E-state index contributed by atoms with van der Waals surface area (Å²) < 4.78 is 0. The fourth-order valence-electron chi connectivity index (χ4n) is 4.43. The molecule has 0 radical (unpaired) electrons. The molecule has 170 valence electrons. The Kier molecular flexibility index (Phi) is 5.19. The van der Waals surface area contributed by atoms with Gasteiger partial charge in [-0.3, -0.25) is 24.8 Å². The zero-order valence-electron chi connectivity index (χ0n) is 18.4. The Bertz CT molecular complexity index is 1450. The number of amides is 1. The second-order valence-electron chi connectivity index (χ2n) is 8.57. The number of nitrogens with zero attached hydrogens (tertiary/aromatic N) is 5. The van der Waals surface area contributed by atoms with Crippen LogP contribution in [-0.2, 0) is 4.79 Å². The lowest BCUT2D eigenvalue weighted by Crippen LogP contribution is -2.30. The summed E-state index contributed by atoms with van der Waals surface area (Å²) in [7, 11) is 0. The second kappa shape index (κ2) is 8.64. The van der Waals surface area contributed by atoms with Crippen LogP contribution in [0.2, 0.25) is 0 Å². The number of H-pyrrole nitrogens is 2. The Hall–Kier alpha value is -4.18. The third kappa shape index (κ3) is 3.99. The number of nitrogens with one attached hydrogen (secondary N) is 4. The summed E-state index contributed by atoms with van der Waals surface area (Å²) >= 11 is 0. The van der Waals surface area contributed by atoms with Gasteiger partial charge >= 0.3 is 0 Å². The van der Waals surface area contributed by atoms with Crippen molar-refractivity contribution < 1.29 is 4.79 Å². The maximum atomic E-state index is 12.5. The van der Waals surface area contributed by atoms with E-state index in [1.807, 2.05) is 18.2 Å². The standard InChI is InChI=1S/C24H23N9O/c34-22(7-14-1-4-25-5-2-14)29-16-8-15(10-27-11-16)19-9-17-20(13-28-19)32-33-23(17)24-30-18-3-6-26-12-21(18)31-24/h3,6,8-14,25H,1-2,4-5,7H2,(H,29,34)(H,30,31)(H,32,33). The van der Waals surface area contributed by atoms with E-state index in [0.29, 0.717) is 29.5 Å². The van der Waals surface area contributed by atoms with Gasteiger partial charge in [0.25, 0.3) is 0 Å². The number of rotatable bonds is 5. The third-order valence-electron chi connectivity index (χ3n) is 6.21. The second-order valence-corrected chi connectivity index (χ2v) is 8.57. The van der Waals surface area contributed by atoms with Crippen LogP contribution in [-0.4, -0.2) is 54.1 Å². The molecule has 0 spiro atoms. The van der Waals surface area contributed by atoms with Crippen LogP contribution in [0.15, 0.2) is 49.2 Å². The number of aromatic nitrogens is 7. The summed E-state index contributed by atoms with van der Waals surface area (Å²) in [4.78, 5) is 33.5. The minimum atomic E-state index is 0.0192. The van der Waals surface area contributed by atoms with Gasteiger partial charge in [-0.1, -0.05) is 0 Å². The lowest BCUT2D eigenvalue weighted by Gasteiger charge is -2.21. The molecule has 1 fully saturated rings. The molecule has 0 aliphatic carbocycles. The van der Waals surface area contributed by atoms with E-state index in [2.05, 4.69) is 45.8 Å². The molecule has 5 aromatic heterocycles. The molecular formula is C24H23N9O. The van der Waals surface area contributed by atoms with Gasteiger partial charge < -0.3 is 15.6 Å². The first-order valence-corrected chi connectivity index (χ1v) is 11.3. The summed E-state index contributed by atoms with van der Waals surface area (Å²) in [5.74, 6) is 1.10. The predicted molar refractivity (Wildman–Crippen MR) is 129 cm³/mol. The van der Waals surface area contributed by atoms with Crippen LogP contribution < -0.4 is 10.6 Å². The van der Waals surface area contributed by atoms with Crippen molar-refractivity contribution >= 4 is 33.5 Å². The van der Waals surface area contributed by atoms with Gasteiger partial charge in [-0.05, 0) is 50.0 Å². The first-order valence-electron chi connectivity index (χ1n) is 11.3. The molecule has 1 aliphatic rings. The monoisotopic (exact) mass is 453 g/mol. The predicted octanol–water partition coefficient (Wildman–Crippen LogP) is 3.29. The zero-order chi connectivity index (χ0) is 22.9. The highest BCUT2D eigenvalue weighted by Crippen LogP contribution is 2.29. The van der Waals surface area contributed by atoms with E-state index in [-0.39, 0.29) is 5.91 Å². The zero-order valence-corrected chi connectivity index (χ0v) is 18.4. The number of carbonyl (C=O) groups excluding carboxylic acids is 1. The Morgan fingerprint density at radius 2 is 1.97 bits per heavy atom. The highest BCUT2D eigenvalue weighted by molar-refractivity contribution is 5.95. The normalized spacial score (nSPS) is 14.6. The van der Waals surface area contributed by atoms with Crippen LogP contribution in [0.1, 0.15) is 19.3 Å². The maximum Gasteiger partial charge on any atom is 0.224 e. The molecule has 6 heterocycles. The topological polar surface area (TPSA) is 137 Å². The van der Waals surface area contributed by atoms with Gasteiger partial charge in [0.1, 0.15) is 5.69 Å². The molecule has 10 heteroatoms. The summed E-state index contributed by atoms with van der Waals surface area (Å²) in [6, 6.07) is 5.71. The van der Waals surface area contributed by atoms with Crippen molar-refractivity contribution in [3.63, 3.8) is 0 Å². The fourth-order valence-corrected chi connectivity index (χ4v) is 4.43. The van der Waals surface area contributed by atoms with Crippen molar-refractivity contribution in [1.82, 2.24) is 40.4 Å². The number of pyridine rings is 3. The molecule has 1 amide bonds. The van der Waals surface area contributed by atoms with E-state index >= 15 is 0 Å². The molecule has 1 aliphatic heterocycles. The molecule has 0 bridgehead atoms. The van der Waals surface area contributed by atoms with Crippen LogP contribution >= 0.6 is 0 Å². The van der Waals surface area contributed by atoms with Crippen LogP contribution in [0.3, 0.4) is 0 Å². The number of fused-ring (bicyclic) bond motifs is 2. The average molecular weight is 454 g/mol. The molecule has 0 unspecified atom stereocenters. The minimum Gasteiger partial charge on any atom is -0.335 e. The van der Waals surface area contributed by atoms with E-state index in [4.69, 9.17) is 0 Å². The molecule has 4 N–H and O–H groups in total. The minimum absolute atomic E-state index is 0.0192. The number of imidazole rings is 1. The van der Waals surface area contributed by atoms with Crippen molar-refractivity contribution in [1.29, 1.82) is 0 Å². The number of carbonyl (C=O) groups is 1. The average Bonchev–Trinajstić information content (AvgIpc) is 3.48. The smallest absolute Gasteiger partial charge is 0.224 e. The quantitative estimate of drug-likeness (QED) is 0.320. The van der Waals surface area contributed by atoms with Gasteiger partial charge in [0.2, 0.25) is 5.91 Å². The van der Waals surface area contributed by atoms with E-state index in [9.17, 15) is 4.79 Å². The van der Waals surface area contributed by atoms with Crippen LogP contribution in [0.25, 0.3) is 44.7 Å². The van der Waals surface area contributed by atoms with E-state index in [0.717, 1.165) is 59.1 Å². The summed E-state index contributed by atoms with van der Waals surface area (Å²) in [6.07, 6.45) is 11.2. The Morgan fingerprint density at radius 3 is 2.85 bits per heavy atom. The van der Waals surface area contributed by atoms with Gasteiger partial charge in [-0.2, -0.15) is 5.10 Å². The Labute approximate surface area is 194 Å². The van der Waals surface area contributed by atoms with Crippen molar-refractivity contribution in [3.05, 3.63) is 49.2 Å². The van der Waals surface area contributed by atoms with Gasteiger partial charge in [0.05, 0.1) is 46.5 Å². The van der Waals surface area contributed by atoms with E-state index in [1.165, 1.54) is 0 Å². The maximum absolute atomic E-state index is 12.5. The Morgan fingerprint density at radius 1 is 1.06 bits per heavy atom. The van der Waals surface area contributed by atoms with Gasteiger partial charge in [0, 0.05) is 29.8 Å². The summed E-state index contributed by atoms with van der Waals surface area (Å²) in [5.41, 5.74) is 5.38. The lowest BCUT2D eigenvalue weighted by molar-refractivity contribution is -0.117. The van der Waals surface area contributed by atoms with Crippen molar-refractivity contribution in [2.24, 2.45) is 5.92 Å².